The number of aromatic hydroxyl groups is 1. The van der Waals surface area contributed by atoms with E-state index in [9.17, 15) is 18.3 Å². The van der Waals surface area contributed by atoms with E-state index in [2.05, 4.69) is 0 Å². The molecular formula is C12H14F3NO. The van der Waals surface area contributed by atoms with Crippen molar-refractivity contribution in [2.75, 3.05) is 0 Å². The molecule has 1 saturated carbocycles. The summed E-state index contributed by atoms with van der Waals surface area (Å²) in [5.74, 6) is -4.95. The van der Waals surface area contributed by atoms with Crippen LogP contribution in [0.15, 0.2) is 6.07 Å². The third-order valence-electron chi connectivity index (χ3n) is 3.42. The van der Waals surface area contributed by atoms with Crippen molar-refractivity contribution in [3.63, 3.8) is 0 Å². The van der Waals surface area contributed by atoms with Crippen LogP contribution < -0.4 is 5.73 Å². The minimum atomic E-state index is -1.58. The summed E-state index contributed by atoms with van der Waals surface area (Å²) in [5.41, 5.74) is 5.52. The molecule has 94 valence electrons. The molecule has 1 aromatic rings. The summed E-state index contributed by atoms with van der Waals surface area (Å²) in [7, 11) is 0. The van der Waals surface area contributed by atoms with Crippen molar-refractivity contribution in [2.24, 2.45) is 11.7 Å². The monoisotopic (exact) mass is 245 g/mol. The van der Waals surface area contributed by atoms with Gasteiger partial charge >= 0.3 is 0 Å². The van der Waals surface area contributed by atoms with Gasteiger partial charge in [0.1, 0.15) is 5.75 Å². The molecule has 1 fully saturated rings. The third-order valence-corrected chi connectivity index (χ3v) is 3.42. The molecule has 17 heavy (non-hydrogen) atoms. The van der Waals surface area contributed by atoms with Gasteiger partial charge in [0.15, 0.2) is 17.5 Å². The first-order valence-corrected chi connectivity index (χ1v) is 5.64. The number of nitrogens with two attached hydrogens (primary N) is 1. The molecular weight excluding hydrogens is 231 g/mol. The molecule has 2 rings (SSSR count). The number of halogens is 3. The van der Waals surface area contributed by atoms with E-state index in [0.29, 0.717) is 6.07 Å². The smallest absolute Gasteiger partial charge is 0.195 e. The van der Waals surface area contributed by atoms with E-state index in [-0.39, 0.29) is 11.5 Å². The van der Waals surface area contributed by atoms with E-state index in [0.717, 1.165) is 25.7 Å². The van der Waals surface area contributed by atoms with Gasteiger partial charge in [-0.25, -0.2) is 13.2 Å². The standard InChI is InChI=1S/C12H14F3NO/c13-7-5-8(17)9(11(15)10(7)14)12(16)6-3-1-2-4-6/h5-6,12,17H,1-4,16H2/t12-/m0/s1. The van der Waals surface area contributed by atoms with Crippen LogP contribution in [-0.2, 0) is 0 Å². The molecule has 0 spiro atoms. The van der Waals surface area contributed by atoms with E-state index < -0.39 is 29.2 Å². The fourth-order valence-corrected chi connectivity index (χ4v) is 2.47. The van der Waals surface area contributed by atoms with Gasteiger partial charge in [0.2, 0.25) is 0 Å². The van der Waals surface area contributed by atoms with Crippen LogP contribution in [0.4, 0.5) is 13.2 Å². The first-order valence-electron chi connectivity index (χ1n) is 5.64. The van der Waals surface area contributed by atoms with Crippen LogP contribution in [0.5, 0.6) is 5.75 Å². The minimum absolute atomic E-state index is 0.0141. The zero-order valence-electron chi connectivity index (χ0n) is 9.22. The second-order valence-corrected chi connectivity index (χ2v) is 4.49. The topological polar surface area (TPSA) is 46.2 Å². The Morgan fingerprint density at radius 2 is 1.76 bits per heavy atom. The molecule has 0 bridgehead atoms. The highest BCUT2D eigenvalue weighted by molar-refractivity contribution is 5.37. The lowest BCUT2D eigenvalue weighted by Gasteiger charge is -2.21. The van der Waals surface area contributed by atoms with Crippen molar-refractivity contribution in [2.45, 2.75) is 31.7 Å². The van der Waals surface area contributed by atoms with Gasteiger partial charge in [-0.15, -0.1) is 0 Å². The number of hydrogen-bond donors (Lipinski definition) is 2. The molecule has 3 N–H and O–H groups in total. The van der Waals surface area contributed by atoms with Crippen molar-refractivity contribution in [1.29, 1.82) is 0 Å². The highest BCUT2D eigenvalue weighted by Crippen LogP contribution is 2.39. The molecule has 0 heterocycles. The van der Waals surface area contributed by atoms with E-state index in [1.165, 1.54) is 0 Å². The van der Waals surface area contributed by atoms with E-state index in [1.807, 2.05) is 0 Å². The summed E-state index contributed by atoms with van der Waals surface area (Å²) in [6.45, 7) is 0. The SMILES string of the molecule is N[C@H](c1c(O)cc(F)c(F)c1F)C1CCCC1. The van der Waals surface area contributed by atoms with Crippen LogP contribution in [0.25, 0.3) is 0 Å². The Labute approximate surface area is 97.2 Å². The Morgan fingerprint density at radius 3 is 2.35 bits per heavy atom. The predicted molar refractivity (Wildman–Crippen MR) is 56.9 cm³/mol. The van der Waals surface area contributed by atoms with Gasteiger partial charge in [-0.3, -0.25) is 0 Å². The van der Waals surface area contributed by atoms with Gasteiger partial charge in [0.05, 0.1) is 0 Å². The molecule has 1 atom stereocenters. The van der Waals surface area contributed by atoms with Crippen LogP contribution in [0.2, 0.25) is 0 Å². The van der Waals surface area contributed by atoms with Crippen LogP contribution in [-0.4, -0.2) is 5.11 Å². The number of rotatable bonds is 2. The average Bonchev–Trinajstić information content (AvgIpc) is 2.79. The maximum absolute atomic E-state index is 13.6. The Kier molecular flexibility index (Phi) is 3.28. The molecule has 0 radical (unpaired) electrons. The quantitative estimate of drug-likeness (QED) is 0.787. The average molecular weight is 245 g/mol. The Morgan fingerprint density at radius 1 is 1.18 bits per heavy atom. The number of benzene rings is 1. The summed E-state index contributed by atoms with van der Waals surface area (Å²) < 4.78 is 39.5. The molecule has 0 aromatic heterocycles. The molecule has 1 aliphatic rings. The molecule has 1 aliphatic carbocycles. The maximum atomic E-state index is 13.6. The molecule has 2 nitrogen and oxygen atoms in total. The summed E-state index contributed by atoms with van der Waals surface area (Å²) in [4.78, 5) is 0. The molecule has 0 unspecified atom stereocenters. The van der Waals surface area contributed by atoms with Crippen LogP contribution in [0.3, 0.4) is 0 Å². The van der Waals surface area contributed by atoms with Crippen LogP contribution in [0, 0.1) is 23.4 Å². The fourth-order valence-electron chi connectivity index (χ4n) is 2.47. The minimum Gasteiger partial charge on any atom is -0.507 e. The number of phenols is 1. The highest BCUT2D eigenvalue weighted by atomic mass is 19.2. The molecule has 5 heteroatoms. The zero-order chi connectivity index (χ0) is 12.6. The third kappa shape index (κ3) is 2.11. The van der Waals surface area contributed by atoms with Gasteiger partial charge in [-0.1, -0.05) is 12.8 Å². The van der Waals surface area contributed by atoms with E-state index >= 15 is 0 Å². The van der Waals surface area contributed by atoms with Crippen molar-refractivity contribution in [3.8, 4) is 5.75 Å². The largest absolute Gasteiger partial charge is 0.507 e. The van der Waals surface area contributed by atoms with Gasteiger partial charge in [0.25, 0.3) is 0 Å². The Hall–Kier alpha value is -1.23. The first kappa shape index (κ1) is 12.2. The maximum Gasteiger partial charge on any atom is 0.195 e. The van der Waals surface area contributed by atoms with E-state index in [1.54, 1.807) is 0 Å². The lowest BCUT2D eigenvalue weighted by Crippen LogP contribution is -2.21. The van der Waals surface area contributed by atoms with Gasteiger partial charge in [0, 0.05) is 17.7 Å². The lowest BCUT2D eigenvalue weighted by molar-refractivity contribution is 0.369. The van der Waals surface area contributed by atoms with Crippen LogP contribution >= 0.6 is 0 Å². The molecule has 0 saturated heterocycles. The summed E-state index contributed by atoms with van der Waals surface area (Å²) >= 11 is 0. The van der Waals surface area contributed by atoms with Crippen molar-refractivity contribution in [3.05, 3.63) is 29.1 Å². The summed E-state index contributed by atoms with van der Waals surface area (Å²) in [6, 6.07) is -0.213. The fraction of sp³-hybridized carbons (Fsp3) is 0.500. The molecule has 0 aliphatic heterocycles. The number of hydrogen-bond acceptors (Lipinski definition) is 2. The summed E-state index contributed by atoms with van der Waals surface area (Å²) in [5, 5.41) is 9.50. The van der Waals surface area contributed by atoms with Gasteiger partial charge in [-0.2, -0.15) is 0 Å². The second-order valence-electron chi connectivity index (χ2n) is 4.49. The van der Waals surface area contributed by atoms with E-state index in [4.69, 9.17) is 5.73 Å². The molecule has 0 amide bonds. The van der Waals surface area contributed by atoms with Crippen molar-refractivity contribution in [1.82, 2.24) is 0 Å². The Balaban J connectivity index is 2.40. The molecule has 1 aromatic carbocycles. The van der Waals surface area contributed by atoms with Crippen molar-refractivity contribution < 1.29 is 18.3 Å². The van der Waals surface area contributed by atoms with Crippen molar-refractivity contribution >= 4 is 0 Å². The zero-order valence-corrected chi connectivity index (χ0v) is 9.22. The summed E-state index contributed by atoms with van der Waals surface area (Å²) in [6.07, 6.45) is 3.62. The first-order chi connectivity index (χ1) is 8.02. The van der Waals surface area contributed by atoms with Crippen LogP contribution in [0.1, 0.15) is 37.3 Å². The van der Waals surface area contributed by atoms with Gasteiger partial charge in [-0.05, 0) is 18.8 Å². The lowest BCUT2D eigenvalue weighted by atomic mass is 9.91. The predicted octanol–water partition coefficient (Wildman–Crippen LogP) is 3.00. The highest BCUT2D eigenvalue weighted by Gasteiger charge is 2.30. The van der Waals surface area contributed by atoms with Gasteiger partial charge < -0.3 is 10.8 Å². The Bertz CT molecular complexity index is 430. The number of phenolic OH excluding ortho intramolecular Hbond substituents is 1. The normalized spacial score (nSPS) is 18.6. The second kappa shape index (κ2) is 4.56.